The third kappa shape index (κ3) is 2.52. The number of aliphatic imine (C=N–C) groups is 1. The van der Waals surface area contributed by atoms with Crippen molar-refractivity contribution < 1.29 is 0 Å². The molecule has 2 rings (SSSR count). The monoisotopic (exact) mass is 215 g/mol. The van der Waals surface area contributed by atoms with Gasteiger partial charge in [-0.1, -0.05) is 43.7 Å². The SMILES string of the molecule is CCCC1CN=C(C)C1Cc1ccccc1. The standard InChI is InChI=1S/C15H21N/c1-3-7-14-11-16-12(2)15(14)10-13-8-5-4-6-9-13/h4-6,8-9,14-15H,3,7,10-11H2,1-2H3. The van der Waals surface area contributed by atoms with Crippen LogP contribution in [0, 0.1) is 11.8 Å². The Morgan fingerprint density at radius 3 is 2.69 bits per heavy atom. The molecule has 86 valence electrons. The number of rotatable bonds is 4. The van der Waals surface area contributed by atoms with Gasteiger partial charge in [0.05, 0.1) is 0 Å². The quantitative estimate of drug-likeness (QED) is 0.725. The molecule has 1 nitrogen and oxygen atoms in total. The minimum atomic E-state index is 0.683. The number of hydrogen-bond acceptors (Lipinski definition) is 1. The van der Waals surface area contributed by atoms with Crippen molar-refractivity contribution in [3.05, 3.63) is 35.9 Å². The van der Waals surface area contributed by atoms with Crippen molar-refractivity contribution in [2.75, 3.05) is 6.54 Å². The van der Waals surface area contributed by atoms with Crippen LogP contribution in [0.3, 0.4) is 0 Å². The maximum atomic E-state index is 4.63. The first-order valence-electron chi connectivity index (χ1n) is 6.36. The lowest BCUT2D eigenvalue weighted by Gasteiger charge is -2.19. The molecular weight excluding hydrogens is 194 g/mol. The second kappa shape index (κ2) is 5.29. The molecule has 0 saturated heterocycles. The summed E-state index contributed by atoms with van der Waals surface area (Å²) in [5.74, 6) is 1.47. The van der Waals surface area contributed by atoms with Crippen LogP contribution in [-0.4, -0.2) is 12.3 Å². The molecule has 1 heterocycles. The van der Waals surface area contributed by atoms with Gasteiger partial charge in [-0.2, -0.15) is 0 Å². The highest BCUT2D eigenvalue weighted by molar-refractivity contribution is 5.86. The Bertz CT molecular complexity index is 353. The van der Waals surface area contributed by atoms with Gasteiger partial charge in [0.15, 0.2) is 0 Å². The van der Waals surface area contributed by atoms with E-state index in [4.69, 9.17) is 0 Å². The number of benzene rings is 1. The van der Waals surface area contributed by atoms with Crippen LogP contribution < -0.4 is 0 Å². The molecule has 1 aromatic carbocycles. The minimum Gasteiger partial charge on any atom is -0.294 e. The molecule has 0 amide bonds. The van der Waals surface area contributed by atoms with Crippen molar-refractivity contribution in [1.82, 2.24) is 0 Å². The second-order valence-corrected chi connectivity index (χ2v) is 4.83. The predicted octanol–water partition coefficient (Wildman–Crippen LogP) is 3.74. The lowest BCUT2D eigenvalue weighted by Crippen LogP contribution is -2.19. The van der Waals surface area contributed by atoms with Crippen LogP contribution in [0.1, 0.15) is 32.3 Å². The Morgan fingerprint density at radius 1 is 1.25 bits per heavy atom. The van der Waals surface area contributed by atoms with Crippen molar-refractivity contribution in [3.63, 3.8) is 0 Å². The average Bonchev–Trinajstić information content (AvgIpc) is 2.64. The van der Waals surface area contributed by atoms with Gasteiger partial charge in [0.25, 0.3) is 0 Å². The summed E-state index contributed by atoms with van der Waals surface area (Å²) in [6.07, 6.45) is 3.76. The van der Waals surface area contributed by atoms with Gasteiger partial charge >= 0.3 is 0 Å². The van der Waals surface area contributed by atoms with Crippen LogP contribution in [-0.2, 0) is 6.42 Å². The first-order chi connectivity index (χ1) is 7.81. The Hall–Kier alpha value is -1.11. The predicted molar refractivity (Wildman–Crippen MR) is 70.0 cm³/mol. The fraction of sp³-hybridized carbons (Fsp3) is 0.533. The third-order valence-corrected chi connectivity index (χ3v) is 3.64. The minimum absolute atomic E-state index is 0.683. The Labute approximate surface area is 98.6 Å². The fourth-order valence-electron chi connectivity index (χ4n) is 2.69. The summed E-state index contributed by atoms with van der Waals surface area (Å²) in [6.45, 7) is 5.52. The van der Waals surface area contributed by atoms with E-state index in [1.54, 1.807) is 0 Å². The van der Waals surface area contributed by atoms with Gasteiger partial charge in [0.1, 0.15) is 0 Å². The Balaban J connectivity index is 2.04. The molecule has 0 fully saturated rings. The van der Waals surface area contributed by atoms with Crippen molar-refractivity contribution >= 4 is 5.71 Å². The number of hydrogen-bond donors (Lipinski definition) is 0. The summed E-state index contributed by atoms with van der Waals surface area (Å²) in [7, 11) is 0. The molecule has 16 heavy (non-hydrogen) atoms. The van der Waals surface area contributed by atoms with Crippen molar-refractivity contribution in [3.8, 4) is 0 Å². The van der Waals surface area contributed by atoms with Crippen LogP contribution in [0.4, 0.5) is 0 Å². The smallest absolute Gasteiger partial charge is 0.0423 e. The topological polar surface area (TPSA) is 12.4 Å². The fourth-order valence-corrected chi connectivity index (χ4v) is 2.69. The molecule has 0 bridgehead atoms. The van der Waals surface area contributed by atoms with Crippen LogP contribution in [0.5, 0.6) is 0 Å². The molecule has 0 radical (unpaired) electrons. The molecule has 1 aromatic rings. The van der Waals surface area contributed by atoms with Gasteiger partial charge in [-0.05, 0) is 31.2 Å². The molecule has 2 atom stereocenters. The van der Waals surface area contributed by atoms with E-state index in [1.165, 1.54) is 30.5 Å². The molecule has 0 N–H and O–H groups in total. The summed E-state index contributed by atoms with van der Waals surface area (Å²) in [6, 6.07) is 10.8. The highest BCUT2D eigenvalue weighted by Gasteiger charge is 2.27. The van der Waals surface area contributed by atoms with Crippen LogP contribution >= 0.6 is 0 Å². The van der Waals surface area contributed by atoms with Crippen LogP contribution in [0.15, 0.2) is 35.3 Å². The van der Waals surface area contributed by atoms with Gasteiger partial charge < -0.3 is 0 Å². The van der Waals surface area contributed by atoms with E-state index in [-0.39, 0.29) is 0 Å². The van der Waals surface area contributed by atoms with Gasteiger partial charge in [-0.25, -0.2) is 0 Å². The lowest BCUT2D eigenvalue weighted by atomic mass is 9.83. The molecule has 2 unspecified atom stereocenters. The summed E-state index contributed by atoms with van der Waals surface area (Å²) in [5.41, 5.74) is 2.81. The van der Waals surface area contributed by atoms with Crippen molar-refractivity contribution in [2.45, 2.75) is 33.1 Å². The van der Waals surface area contributed by atoms with Gasteiger partial charge in [-0.15, -0.1) is 0 Å². The Morgan fingerprint density at radius 2 is 2.00 bits per heavy atom. The second-order valence-electron chi connectivity index (χ2n) is 4.83. The van der Waals surface area contributed by atoms with E-state index >= 15 is 0 Å². The summed E-state index contributed by atoms with van der Waals surface area (Å²) >= 11 is 0. The summed E-state index contributed by atoms with van der Waals surface area (Å²) in [5, 5.41) is 0. The van der Waals surface area contributed by atoms with E-state index in [0.29, 0.717) is 5.92 Å². The van der Waals surface area contributed by atoms with Crippen LogP contribution in [0.2, 0.25) is 0 Å². The van der Waals surface area contributed by atoms with Crippen molar-refractivity contribution in [1.29, 1.82) is 0 Å². The van der Waals surface area contributed by atoms with E-state index in [0.717, 1.165) is 12.5 Å². The van der Waals surface area contributed by atoms with Gasteiger partial charge in [0, 0.05) is 18.2 Å². The zero-order valence-electron chi connectivity index (χ0n) is 10.3. The maximum Gasteiger partial charge on any atom is 0.0423 e. The zero-order chi connectivity index (χ0) is 11.4. The third-order valence-electron chi connectivity index (χ3n) is 3.64. The molecule has 0 aromatic heterocycles. The maximum absolute atomic E-state index is 4.63. The molecule has 0 spiro atoms. The first kappa shape index (κ1) is 11.4. The Kier molecular flexibility index (Phi) is 3.76. The van der Waals surface area contributed by atoms with Crippen LogP contribution in [0.25, 0.3) is 0 Å². The zero-order valence-corrected chi connectivity index (χ0v) is 10.3. The molecule has 1 aliphatic rings. The van der Waals surface area contributed by atoms with E-state index in [9.17, 15) is 0 Å². The molecular formula is C15H21N. The number of nitrogens with zero attached hydrogens (tertiary/aromatic N) is 1. The van der Waals surface area contributed by atoms with Gasteiger partial charge in [-0.3, -0.25) is 4.99 Å². The van der Waals surface area contributed by atoms with Gasteiger partial charge in [0.2, 0.25) is 0 Å². The first-order valence-corrected chi connectivity index (χ1v) is 6.36. The average molecular weight is 215 g/mol. The molecule has 1 heteroatoms. The lowest BCUT2D eigenvalue weighted by molar-refractivity contribution is 0.419. The van der Waals surface area contributed by atoms with E-state index < -0.39 is 0 Å². The molecule has 1 aliphatic heterocycles. The van der Waals surface area contributed by atoms with Crippen molar-refractivity contribution in [2.24, 2.45) is 16.8 Å². The summed E-state index contributed by atoms with van der Waals surface area (Å²) in [4.78, 5) is 4.63. The largest absolute Gasteiger partial charge is 0.294 e. The summed E-state index contributed by atoms with van der Waals surface area (Å²) < 4.78 is 0. The van der Waals surface area contributed by atoms with E-state index in [2.05, 4.69) is 49.2 Å². The van der Waals surface area contributed by atoms with E-state index in [1.807, 2.05) is 0 Å². The highest BCUT2D eigenvalue weighted by Crippen LogP contribution is 2.28. The molecule has 0 saturated carbocycles. The normalized spacial score (nSPS) is 24.5. The molecule has 0 aliphatic carbocycles. The highest BCUT2D eigenvalue weighted by atomic mass is 14.8.